The molecule has 0 saturated heterocycles. The molecule has 1 aromatic heterocycles. The molecule has 0 saturated carbocycles. The number of aromatic nitrogens is 1. The molecule has 84 valence electrons. The van der Waals surface area contributed by atoms with Crippen molar-refractivity contribution in [3.63, 3.8) is 0 Å². The van der Waals surface area contributed by atoms with Crippen LogP contribution in [0.4, 0.5) is 0 Å². The molecule has 2 heterocycles. The van der Waals surface area contributed by atoms with Gasteiger partial charge in [-0.25, -0.2) is 0 Å². The lowest BCUT2D eigenvalue weighted by molar-refractivity contribution is 0.307. The summed E-state index contributed by atoms with van der Waals surface area (Å²) in [6.45, 7) is 0.416. The highest BCUT2D eigenvalue weighted by atomic mass is 35.5. The smallest absolute Gasteiger partial charge is 0.130 e. The first kappa shape index (κ1) is 10.3. The van der Waals surface area contributed by atoms with Crippen LogP contribution >= 0.6 is 11.6 Å². The van der Waals surface area contributed by atoms with E-state index in [4.69, 9.17) is 21.7 Å². The van der Waals surface area contributed by atoms with E-state index >= 15 is 0 Å². The number of nitrogens with zero attached hydrogens (tertiary/aromatic N) is 1. The summed E-state index contributed by atoms with van der Waals surface area (Å²) < 4.78 is 5.66. The molecule has 0 unspecified atom stereocenters. The van der Waals surface area contributed by atoms with E-state index in [0.717, 1.165) is 11.1 Å². The highest BCUT2D eigenvalue weighted by molar-refractivity contribution is 6.31. The van der Waals surface area contributed by atoms with Gasteiger partial charge < -0.3 is 4.74 Å². The van der Waals surface area contributed by atoms with Crippen molar-refractivity contribution < 1.29 is 4.74 Å². The van der Waals surface area contributed by atoms with Crippen molar-refractivity contribution in [2.45, 2.75) is 6.61 Å². The zero-order chi connectivity index (χ0) is 11.8. The van der Waals surface area contributed by atoms with Crippen molar-refractivity contribution in [2.75, 3.05) is 0 Å². The monoisotopic (exact) mass is 244 g/mol. The Bertz CT molecular complexity index is 610. The summed E-state index contributed by atoms with van der Waals surface area (Å²) in [6.07, 6.45) is 1.69. The molecule has 1 N–H and O–H groups in total. The third-order valence-electron chi connectivity index (χ3n) is 2.72. The Hall–Kier alpha value is -1.87. The summed E-state index contributed by atoms with van der Waals surface area (Å²) in [7, 11) is 0. The number of hydrogen-bond acceptors (Lipinski definition) is 3. The molecule has 4 heteroatoms. The van der Waals surface area contributed by atoms with Crippen LogP contribution in [0.25, 0.3) is 0 Å². The molecule has 0 radical (unpaired) electrons. The second-order valence-electron chi connectivity index (χ2n) is 3.82. The van der Waals surface area contributed by atoms with Crippen LogP contribution in [0.1, 0.15) is 16.8 Å². The number of ether oxygens (including phenoxy) is 1. The molecule has 0 bridgehead atoms. The fourth-order valence-corrected chi connectivity index (χ4v) is 2.05. The van der Waals surface area contributed by atoms with Gasteiger partial charge in [0.2, 0.25) is 0 Å². The number of benzene rings is 1. The summed E-state index contributed by atoms with van der Waals surface area (Å²) in [5.41, 5.74) is 2.70. The first-order valence-corrected chi connectivity index (χ1v) is 5.59. The largest absolute Gasteiger partial charge is 0.488 e. The maximum absolute atomic E-state index is 8.18. The molecule has 0 atom stereocenters. The Balaban J connectivity index is 2.20. The van der Waals surface area contributed by atoms with Gasteiger partial charge >= 0.3 is 0 Å². The van der Waals surface area contributed by atoms with Crippen LogP contribution in [0.3, 0.4) is 0 Å². The minimum atomic E-state index is 0.379. The average Bonchev–Trinajstić information content (AvgIpc) is 2.48. The van der Waals surface area contributed by atoms with Crippen LogP contribution in [0.5, 0.6) is 5.75 Å². The molecular weight excluding hydrogens is 236 g/mol. The van der Waals surface area contributed by atoms with Crippen LogP contribution in [-0.4, -0.2) is 10.7 Å². The summed E-state index contributed by atoms with van der Waals surface area (Å²) in [5.74, 6) is 0.639. The predicted molar refractivity (Wildman–Crippen MR) is 66.0 cm³/mol. The van der Waals surface area contributed by atoms with Gasteiger partial charge in [0.05, 0.1) is 11.4 Å². The SMILES string of the molecule is N=C1c2ccc(Cl)cc2OCc2cccnc21. The lowest BCUT2D eigenvalue weighted by atomic mass is 10.0. The third-order valence-corrected chi connectivity index (χ3v) is 2.96. The standard InChI is InChI=1S/C13H9ClN2O/c14-9-3-4-10-11(6-9)17-7-8-2-1-5-16-13(8)12(10)15/h1-6,15H,7H2. The van der Waals surface area contributed by atoms with E-state index in [2.05, 4.69) is 4.98 Å². The molecule has 2 aromatic rings. The normalized spacial score (nSPS) is 13.4. The van der Waals surface area contributed by atoms with Gasteiger partial charge in [0.1, 0.15) is 12.4 Å². The van der Waals surface area contributed by atoms with E-state index in [1.807, 2.05) is 12.1 Å². The van der Waals surface area contributed by atoms with E-state index in [9.17, 15) is 0 Å². The maximum atomic E-state index is 8.18. The number of nitrogens with one attached hydrogen (secondary N) is 1. The van der Waals surface area contributed by atoms with Crippen molar-refractivity contribution in [2.24, 2.45) is 0 Å². The Morgan fingerprint density at radius 1 is 1.29 bits per heavy atom. The zero-order valence-corrected chi connectivity index (χ0v) is 9.66. The number of pyridine rings is 1. The molecule has 0 aliphatic carbocycles. The summed E-state index contributed by atoms with van der Waals surface area (Å²) in [5, 5.41) is 8.78. The van der Waals surface area contributed by atoms with Crippen molar-refractivity contribution in [1.29, 1.82) is 5.41 Å². The van der Waals surface area contributed by atoms with Crippen LogP contribution in [0.2, 0.25) is 5.02 Å². The average molecular weight is 245 g/mol. The second kappa shape index (κ2) is 3.86. The van der Waals surface area contributed by atoms with E-state index in [-0.39, 0.29) is 0 Å². The Kier molecular flexibility index (Phi) is 2.34. The fraction of sp³-hybridized carbons (Fsp3) is 0.0769. The number of halogens is 1. The van der Waals surface area contributed by atoms with Gasteiger partial charge in [-0.05, 0) is 24.3 Å². The third kappa shape index (κ3) is 1.68. The summed E-state index contributed by atoms with van der Waals surface area (Å²) >= 11 is 5.92. The molecule has 1 aromatic carbocycles. The van der Waals surface area contributed by atoms with E-state index in [1.54, 1.807) is 24.4 Å². The zero-order valence-electron chi connectivity index (χ0n) is 8.90. The number of fused-ring (bicyclic) bond motifs is 2. The van der Waals surface area contributed by atoms with Crippen LogP contribution < -0.4 is 4.74 Å². The molecule has 3 nitrogen and oxygen atoms in total. The summed E-state index contributed by atoms with van der Waals surface area (Å²) in [6, 6.07) is 9.05. The van der Waals surface area contributed by atoms with E-state index in [0.29, 0.717) is 28.8 Å². The Morgan fingerprint density at radius 2 is 2.18 bits per heavy atom. The maximum Gasteiger partial charge on any atom is 0.130 e. The molecular formula is C13H9ClN2O. The van der Waals surface area contributed by atoms with Gasteiger partial charge in [0.15, 0.2) is 0 Å². The van der Waals surface area contributed by atoms with Crippen LogP contribution in [0.15, 0.2) is 36.5 Å². The quantitative estimate of drug-likeness (QED) is 0.774. The highest BCUT2D eigenvalue weighted by Crippen LogP contribution is 2.29. The highest BCUT2D eigenvalue weighted by Gasteiger charge is 2.20. The fourth-order valence-electron chi connectivity index (χ4n) is 1.89. The van der Waals surface area contributed by atoms with E-state index in [1.165, 1.54) is 0 Å². The van der Waals surface area contributed by atoms with Crippen LogP contribution in [-0.2, 0) is 6.61 Å². The molecule has 0 amide bonds. The number of hydrogen-bond donors (Lipinski definition) is 1. The molecule has 1 aliphatic rings. The Labute approximate surface area is 104 Å². The number of rotatable bonds is 0. The first-order valence-electron chi connectivity index (χ1n) is 5.21. The van der Waals surface area contributed by atoms with Gasteiger partial charge in [0.25, 0.3) is 0 Å². The first-order chi connectivity index (χ1) is 8.25. The molecule has 0 fully saturated rings. The predicted octanol–water partition coefficient (Wildman–Crippen LogP) is 3.04. The second-order valence-corrected chi connectivity index (χ2v) is 4.25. The summed E-state index contributed by atoms with van der Waals surface area (Å²) in [4.78, 5) is 4.24. The topological polar surface area (TPSA) is 46.0 Å². The van der Waals surface area contributed by atoms with Gasteiger partial charge in [-0.1, -0.05) is 17.7 Å². The van der Waals surface area contributed by atoms with Gasteiger partial charge in [-0.2, -0.15) is 0 Å². The van der Waals surface area contributed by atoms with Gasteiger partial charge in [-0.3, -0.25) is 10.4 Å². The van der Waals surface area contributed by atoms with Crippen molar-refractivity contribution in [3.8, 4) is 5.75 Å². The van der Waals surface area contributed by atoms with Crippen LogP contribution in [0, 0.1) is 5.41 Å². The van der Waals surface area contributed by atoms with Gasteiger partial charge in [0, 0.05) is 22.3 Å². The molecule has 17 heavy (non-hydrogen) atoms. The molecule has 3 rings (SSSR count). The molecule has 1 aliphatic heterocycles. The minimum Gasteiger partial charge on any atom is -0.488 e. The van der Waals surface area contributed by atoms with E-state index < -0.39 is 0 Å². The lowest BCUT2D eigenvalue weighted by Crippen LogP contribution is -2.05. The van der Waals surface area contributed by atoms with Crippen molar-refractivity contribution in [3.05, 3.63) is 58.4 Å². The molecule has 0 spiro atoms. The van der Waals surface area contributed by atoms with Gasteiger partial charge in [-0.15, -0.1) is 0 Å². The van der Waals surface area contributed by atoms with Crippen molar-refractivity contribution in [1.82, 2.24) is 4.98 Å². The minimum absolute atomic E-state index is 0.379. The van der Waals surface area contributed by atoms with Crippen molar-refractivity contribution >= 4 is 17.3 Å². The lowest BCUT2D eigenvalue weighted by Gasteiger charge is -2.06. The Morgan fingerprint density at radius 3 is 3.06 bits per heavy atom.